The van der Waals surface area contributed by atoms with Gasteiger partial charge in [-0.25, -0.2) is 4.98 Å². The van der Waals surface area contributed by atoms with Gasteiger partial charge in [-0.15, -0.1) is 0 Å². The maximum atomic E-state index is 12.9. The molecule has 0 bridgehead atoms. The quantitative estimate of drug-likeness (QED) is 0.718. The highest BCUT2D eigenvalue weighted by Crippen LogP contribution is 2.26. The van der Waals surface area contributed by atoms with E-state index < -0.39 is 0 Å². The third-order valence-corrected chi connectivity index (χ3v) is 4.99. The molecule has 0 N–H and O–H groups in total. The average molecular weight is 352 g/mol. The molecule has 136 valence electrons. The summed E-state index contributed by atoms with van der Waals surface area (Å²) >= 11 is 0. The van der Waals surface area contributed by atoms with E-state index in [2.05, 4.69) is 27.8 Å². The molecule has 0 saturated carbocycles. The van der Waals surface area contributed by atoms with Gasteiger partial charge in [0, 0.05) is 30.3 Å². The van der Waals surface area contributed by atoms with Crippen molar-refractivity contribution in [2.75, 3.05) is 13.1 Å². The summed E-state index contributed by atoms with van der Waals surface area (Å²) in [5.41, 5.74) is 4.30. The standard InChI is InChI=1S/C20H24N4O2/c1-12(2)19-21-17-10-15(5-6-18(17)26-19)20(25)23-8-7-16(11-23)24-14(4)9-13(3)22-24/h5-6,9-10,12,16H,7-8,11H2,1-4H3/t16-/m0/s1. The number of aromatic nitrogens is 3. The Labute approximate surface area is 152 Å². The smallest absolute Gasteiger partial charge is 0.254 e. The van der Waals surface area contributed by atoms with Gasteiger partial charge in [0.15, 0.2) is 11.5 Å². The number of benzene rings is 1. The molecule has 1 aromatic carbocycles. The van der Waals surface area contributed by atoms with Gasteiger partial charge >= 0.3 is 0 Å². The normalized spacial score (nSPS) is 17.6. The van der Waals surface area contributed by atoms with Crippen molar-refractivity contribution in [3.8, 4) is 0 Å². The van der Waals surface area contributed by atoms with Crippen molar-refractivity contribution in [1.82, 2.24) is 19.7 Å². The van der Waals surface area contributed by atoms with Gasteiger partial charge in [0.25, 0.3) is 5.91 Å². The Morgan fingerprint density at radius 1 is 1.27 bits per heavy atom. The first-order chi connectivity index (χ1) is 12.4. The van der Waals surface area contributed by atoms with Crippen molar-refractivity contribution < 1.29 is 9.21 Å². The second-order valence-electron chi connectivity index (χ2n) is 7.45. The summed E-state index contributed by atoms with van der Waals surface area (Å²) in [5, 5.41) is 4.58. The van der Waals surface area contributed by atoms with E-state index in [9.17, 15) is 4.79 Å². The number of hydrogen-bond acceptors (Lipinski definition) is 4. The lowest BCUT2D eigenvalue weighted by molar-refractivity contribution is 0.0787. The highest BCUT2D eigenvalue weighted by Gasteiger charge is 2.29. The minimum atomic E-state index is 0.0463. The molecule has 2 aromatic heterocycles. The molecule has 6 nitrogen and oxygen atoms in total. The third-order valence-electron chi connectivity index (χ3n) is 4.99. The van der Waals surface area contributed by atoms with Crippen LogP contribution in [0.15, 0.2) is 28.7 Å². The van der Waals surface area contributed by atoms with Crippen LogP contribution >= 0.6 is 0 Å². The minimum absolute atomic E-state index is 0.0463. The van der Waals surface area contributed by atoms with Crippen molar-refractivity contribution in [3.63, 3.8) is 0 Å². The van der Waals surface area contributed by atoms with Crippen LogP contribution in [-0.2, 0) is 0 Å². The fourth-order valence-electron chi connectivity index (χ4n) is 3.65. The molecular weight excluding hydrogens is 328 g/mol. The summed E-state index contributed by atoms with van der Waals surface area (Å²) < 4.78 is 7.79. The van der Waals surface area contributed by atoms with Crippen molar-refractivity contribution in [2.45, 2.75) is 46.1 Å². The summed E-state index contributed by atoms with van der Waals surface area (Å²) in [6.07, 6.45) is 0.928. The van der Waals surface area contributed by atoms with E-state index in [-0.39, 0.29) is 17.9 Å². The second-order valence-corrected chi connectivity index (χ2v) is 7.45. The van der Waals surface area contributed by atoms with Crippen LogP contribution in [0.25, 0.3) is 11.1 Å². The molecule has 1 amide bonds. The predicted molar refractivity (Wildman–Crippen MR) is 99.4 cm³/mol. The molecule has 6 heteroatoms. The number of fused-ring (bicyclic) bond motifs is 1. The van der Waals surface area contributed by atoms with Crippen LogP contribution in [0.5, 0.6) is 0 Å². The molecule has 0 unspecified atom stereocenters. The summed E-state index contributed by atoms with van der Waals surface area (Å²) in [7, 11) is 0. The molecule has 1 atom stereocenters. The monoisotopic (exact) mass is 352 g/mol. The summed E-state index contributed by atoms with van der Waals surface area (Å²) in [4.78, 5) is 19.4. The summed E-state index contributed by atoms with van der Waals surface area (Å²) in [5.74, 6) is 0.974. The number of amides is 1. The molecule has 1 fully saturated rings. The Balaban J connectivity index is 1.54. The molecule has 0 radical (unpaired) electrons. The molecule has 3 aromatic rings. The van der Waals surface area contributed by atoms with E-state index in [4.69, 9.17) is 4.42 Å². The van der Waals surface area contributed by atoms with Crippen LogP contribution in [-0.4, -0.2) is 38.7 Å². The van der Waals surface area contributed by atoms with E-state index in [1.54, 1.807) is 0 Å². The maximum absolute atomic E-state index is 12.9. The average Bonchev–Trinajstić information content (AvgIpc) is 3.31. The topological polar surface area (TPSA) is 64.2 Å². The van der Waals surface area contributed by atoms with Gasteiger partial charge in [0.2, 0.25) is 0 Å². The number of hydrogen-bond donors (Lipinski definition) is 0. The van der Waals surface area contributed by atoms with E-state index in [0.29, 0.717) is 18.0 Å². The van der Waals surface area contributed by atoms with Crippen molar-refractivity contribution in [1.29, 1.82) is 0 Å². The van der Waals surface area contributed by atoms with Gasteiger partial charge in [-0.3, -0.25) is 9.48 Å². The van der Waals surface area contributed by atoms with Gasteiger partial charge in [0.1, 0.15) is 5.52 Å². The first-order valence-electron chi connectivity index (χ1n) is 9.15. The van der Waals surface area contributed by atoms with Crippen molar-refractivity contribution in [3.05, 3.63) is 47.1 Å². The summed E-state index contributed by atoms with van der Waals surface area (Å²) in [6.45, 7) is 9.58. The lowest BCUT2D eigenvalue weighted by Crippen LogP contribution is -2.29. The number of nitrogens with zero attached hydrogens (tertiary/aromatic N) is 4. The molecule has 26 heavy (non-hydrogen) atoms. The van der Waals surface area contributed by atoms with Crippen LogP contribution in [0.3, 0.4) is 0 Å². The van der Waals surface area contributed by atoms with Gasteiger partial charge in [0.05, 0.1) is 11.7 Å². The zero-order chi connectivity index (χ0) is 18.4. The van der Waals surface area contributed by atoms with Gasteiger partial charge in [-0.2, -0.15) is 5.10 Å². The second kappa shape index (κ2) is 6.27. The Hall–Kier alpha value is -2.63. The van der Waals surface area contributed by atoms with Crippen LogP contribution in [0.2, 0.25) is 0 Å². The zero-order valence-corrected chi connectivity index (χ0v) is 15.7. The highest BCUT2D eigenvalue weighted by atomic mass is 16.3. The Kier molecular flexibility index (Phi) is 4.05. The van der Waals surface area contributed by atoms with E-state index in [1.165, 1.54) is 0 Å². The van der Waals surface area contributed by atoms with Crippen molar-refractivity contribution in [2.24, 2.45) is 0 Å². The maximum Gasteiger partial charge on any atom is 0.254 e. The van der Waals surface area contributed by atoms with Crippen LogP contribution in [0.4, 0.5) is 0 Å². The number of aryl methyl sites for hydroxylation is 2. The zero-order valence-electron chi connectivity index (χ0n) is 15.7. The van der Waals surface area contributed by atoms with Gasteiger partial charge < -0.3 is 9.32 Å². The number of rotatable bonds is 3. The molecule has 3 heterocycles. The lowest BCUT2D eigenvalue weighted by Gasteiger charge is -2.17. The number of likely N-dealkylation sites (tertiary alicyclic amines) is 1. The lowest BCUT2D eigenvalue weighted by atomic mass is 10.2. The van der Waals surface area contributed by atoms with Gasteiger partial charge in [-0.1, -0.05) is 13.8 Å². The van der Waals surface area contributed by atoms with E-state index in [1.807, 2.05) is 43.9 Å². The first-order valence-corrected chi connectivity index (χ1v) is 9.15. The highest BCUT2D eigenvalue weighted by molar-refractivity contribution is 5.97. The molecule has 1 aliphatic heterocycles. The molecule has 1 saturated heterocycles. The molecule has 0 aliphatic carbocycles. The van der Waals surface area contributed by atoms with Crippen molar-refractivity contribution >= 4 is 17.0 Å². The van der Waals surface area contributed by atoms with E-state index in [0.717, 1.165) is 35.5 Å². The molecule has 0 spiro atoms. The third kappa shape index (κ3) is 2.89. The van der Waals surface area contributed by atoms with E-state index >= 15 is 0 Å². The van der Waals surface area contributed by atoms with Crippen LogP contribution in [0, 0.1) is 13.8 Å². The Bertz CT molecular complexity index is 970. The molecular formula is C20H24N4O2. The number of carbonyl (C=O) groups excluding carboxylic acids is 1. The van der Waals surface area contributed by atoms with Crippen LogP contribution < -0.4 is 0 Å². The minimum Gasteiger partial charge on any atom is -0.440 e. The SMILES string of the molecule is Cc1cc(C)n([C@H]2CCN(C(=O)c3ccc4oc(C(C)C)nc4c3)C2)n1. The van der Waals surface area contributed by atoms with Gasteiger partial charge in [-0.05, 0) is 44.5 Å². The number of carbonyl (C=O) groups is 1. The fourth-order valence-corrected chi connectivity index (χ4v) is 3.65. The Morgan fingerprint density at radius 3 is 2.77 bits per heavy atom. The molecule has 1 aliphatic rings. The molecule has 4 rings (SSSR count). The Morgan fingerprint density at radius 2 is 2.08 bits per heavy atom. The first kappa shape index (κ1) is 16.8. The van der Waals surface area contributed by atoms with Crippen LogP contribution in [0.1, 0.15) is 59.9 Å². The fraction of sp³-hybridized carbons (Fsp3) is 0.450. The predicted octanol–water partition coefficient (Wildman–Crippen LogP) is 3.85. The number of oxazole rings is 1. The largest absolute Gasteiger partial charge is 0.440 e. The summed E-state index contributed by atoms with van der Waals surface area (Å²) in [6, 6.07) is 7.84.